The van der Waals surface area contributed by atoms with Gasteiger partial charge in [0.1, 0.15) is 5.76 Å². The number of hydrogen-bond acceptors (Lipinski definition) is 2. The summed E-state index contributed by atoms with van der Waals surface area (Å²) in [4.78, 5) is 11.9. The minimum absolute atomic E-state index is 0.363. The SMILES string of the molecule is O=c1oc(Cc2ccccc2)cn1-c1ccc(Br)cc1. The topological polar surface area (TPSA) is 35.1 Å². The van der Waals surface area contributed by atoms with Crippen LogP contribution >= 0.6 is 15.9 Å². The normalized spacial score (nSPS) is 10.7. The van der Waals surface area contributed by atoms with Crippen molar-refractivity contribution in [2.24, 2.45) is 0 Å². The van der Waals surface area contributed by atoms with E-state index in [4.69, 9.17) is 4.42 Å². The summed E-state index contributed by atoms with van der Waals surface area (Å²) in [6.45, 7) is 0. The molecule has 1 aromatic heterocycles. The van der Waals surface area contributed by atoms with E-state index in [2.05, 4.69) is 15.9 Å². The first-order chi connectivity index (χ1) is 9.72. The van der Waals surface area contributed by atoms with Crippen molar-refractivity contribution in [2.45, 2.75) is 6.42 Å². The first-order valence-corrected chi connectivity index (χ1v) is 7.03. The highest BCUT2D eigenvalue weighted by Gasteiger charge is 2.08. The van der Waals surface area contributed by atoms with Crippen LogP contribution in [0.2, 0.25) is 0 Å². The molecule has 0 saturated heterocycles. The van der Waals surface area contributed by atoms with Gasteiger partial charge in [0.2, 0.25) is 0 Å². The van der Waals surface area contributed by atoms with Crippen molar-refractivity contribution in [1.82, 2.24) is 4.57 Å². The van der Waals surface area contributed by atoms with Gasteiger partial charge in [-0.25, -0.2) is 9.36 Å². The third kappa shape index (κ3) is 2.75. The smallest absolute Gasteiger partial charge is 0.412 e. The van der Waals surface area contributed by atoms with Crippen molar-refractivity contribution in [3.63, 3.8) is 0 Å². The van der Waals surface area contributed by atoms with Gasteiger partial charge in [0.05, 0.1) is 11.9 Å². The number of nitrogens with zero attached hydrogens (tertiary/aromatic N) is 1. The lowest BCUT2D eigenvalue weighted by Crippen LogP contribution is -2.10. The number of halogens is 1. The summed E-state index contributed by atoms with van der Waals surface area (Å²) in [6.07, 6.45) is 2.36. The van der Waals surface area contributed by atoms with E-state index < -0.39 is 0 Å². The van der Waals surface area contributed by atoms with Crippen molar-refractivity contribution in [2.75, 3.05) is 0 Å². The fraction of sp³-hybridized carbons (Fsp3) is 0.0625. The molecule has 3 aromatic rings. The van der Waals surface area contributed by atoms with Gasteiger partial charge in [0.15, 0.2) is 0 Å². The molecule has 0 aliphatic heterocycles. The molecular weight excluding hydrogens is 318 g/mol. The first kappa shape index (κ1) is 12.9. The molecule has 0 aliphatic rings. The summed E-state index contributed by atoms with van der Waals surface area (Å²) in [5.74, 6) is 0.294. The molecule has 4 heteroatoms. The molecule has 0 saturated carbocycles. The van der Waals surface area contributed by atoms with Crippen molar-refractivity contribution < 1.29 is 4.42 Å². The summed E-state index contributed by atoms with van der Waals surface area (Å²) in [5.41, 5.74) is 1.91. The highest BCUT2D eigenvalue weighted by Crippen LogP contribution is 2.14. The van der Waals surface area contributed by atoms with Crippen LogP contribution in [0.25, 0.3) is 5.69 Å². The van der Waals surface area contributed by atoms with Crippen molar-refractivity contribution in [1.29, 1.82) is 0 Å². The summed E-state index contributed by atoms with van der Waals surface area (Å²) < 4.78 is 7.79. The standard InChI is InChI=1S/C16H12BrNO2/c17-13-6-8-14(9-7-13)18-11-15(20-16(18)19)10-12-4-2-1-3-5-12/h1-9,11H,10H2. The molecule has 0 radical (unpaired) electrons. The minimum atomic E-state index is -0.363. The Bertz CT molecular complexity index is 757. The molecule has 0 bridgehead atoms. The predicted octanol–water partition coefficient (Wildman–Crippen LogP) is 3.78. The lowest BCUT2D eigenvalue weighted by Gasteiger charge is -1.99. The largest absolute Gasteiger partial charge is 0.423 e. The van der Waals surface area contributed by atoms with Crippen LogP contribution in [0.3, 0.4) is 0 Å². The van der Waals surface area contributed by atoms with E-state index in [1.54, 1.807) is 6.20 Å². The van der Waals surface area contributed by atoms with Crippen molar-refractivity contribution in [3.05, 3.63) is 87.1 Å². The molecule has 0 aliphatic carbocycles. The Morgan fingerprint density at radius 3 is 2.40 bits per heavy atom. The lowest BCUT2D eigenvalue weighted by atomic mass is 10.1. The van der Waals surface area contributed by atoms with E-state index in [0.717, 1.165) is 15.7 Å². The van der Waals surface area contributed by atoms with Gasteiger partial charge in [-0.05, 0) is 29.8 Å². The summed E-state index contributed by atoms with van der Waals surface area (Å²) in [7, 11) is 0. The number of hydrogen-bond donors (Lipinski definition) is 0. The maximum Gasteiger partial charge on any atom is 0.423 e. The average Bonchev–Trinajstić information content (AvgIpc) is 2.81. The molecule has 0 fully saturated rings. The van der Waals surface area contributed by atoms with Gasteiger partial charge in [0.25, 0.3) is 0 Å². The van der Waals surface area contributed by atoms with Gasteiger partial charge >= 0.3 is 5.76 Å². The molecule has 0 unspecified atom stereocenters. The second-order valence-electron chi connectivity index (χ2n) is 4.47. The average molecular weight is 330 g/mol. The van der Waals surface area contributed by atoms with Gasteiger partial charge in [-0.1, -0.05) is 46.3 Å². The van der Waals surface area contributed by atoms with Gasteiger partial charge < -0.3 is 4.42 Å². The molecular formula is C16H12BrNO2. The molecule has 0 N–H and O–H groups in total. The van der Waals surface area contributed by atoms with Crippen LogP contribution in [0.4, 0.5) is 0 Å². The number of aromatic nitrogens is 1. The second-order valence-corrected chi connectivity index (χ2v) is 5.39. The molecule has 100 valence electrons. The van der Waals surface area contributed by atoms with Crippen molar-refractivity contribution >= 4 is 15.9 Å². The Morgan fingerprint density at radius 1 is 1.00 bits per heavy atom. The van der Waals surface area contributed by atoms with Crippen molar-refractivity contribution in [3.8, 4) is 5.69 Å². The fourth-order valence-electron chi connectivity index (χ4n) is 2.04. The molecule has 3 nitrogen and oxygen atoms in total. The van der Waals surface area contributed by atoms with E-state index in [0.29, 0.717) is 12.2 Å². The summed E-state index contributed by atoms with van der Waals surface area (Å²) in [6, 6.07) is 17.5. The molecule has 0 atom stereocenters. The highest BCUT2D eigenvalue weighted by molar-refractivity contribution is 9.10. The third-order valence-electron chi connectivity index (χ3n) is 3.01. The summed E-state index contributed by atoms with van der Waals surface area (Å²) >= 11 is 3.38. The monoisotopic (exact) mass is 329 g/mol. The zero-order chi connectivity index (χ0) is 13.9. The Hall–Kier alpha value is -2.07. The Balaban J connectivity index is 1.91. The lowest BCUT2D eigenvalue weighted by molar-refractivity contribution is 0.469. The van der Waals surface area contributed by atoms with E-state index in [9.17, 15) is 4.79 Å². The van der Waals surface area contributed by atoms with E-state index in [-0.39, 0.29) is 5.76 Å². The zero-order valence-electron chi connectivity index (χ0n) is 10.6. The third-order valence-corrected chi connectivity index (χ3v) is 3.54. The maximum atomic E-state index is 11.9. The van der Waals surface area contributed by atoms with Crippen LogP contribution in [0.15, 0.2) is 74.5 Å². The van der Waals surface area contributed by atoms with Gasteiger partial charge in [-0.3, -0.25) is 0 Å². The van der Waals surface area contributed by atoms with E-state index >= 15 is 0 Å². The zero-order valence-corrected chi connectivity index (χ0v) is 12.2. The first-order valence-electron chi connectivity index (χ1n) is 6.23. The highest BCUT2D eigenvalue weighted by atomic mass is 79.9. The molecule has 1 heterocycles. The summed E-state index contributed by atoms with van der Waals surface area (Å²) in [5, 5.41) is 0. The van der Waals surface area contributed by atoms with Crippen LogP contribution in [0, 0.1) is 0 Å². The predicted molar refractivity (Wildman–Crippen MR) is 81.3 cm³/mol. The Kier molecular flexibility index (Phi) is 3.56. The molecule has 3 rings (SSSR count). The van der Waals surface area contributed by atoms with Crippen LogP contribution in [0.1, 0.15) is 11.3 Å². The maximum absolute atomic E-state index is 11.9. The van der Waals surface area contributed by atoms with Crippen LogP contribution in [0.5, 0.6) is 0 Å². The second kappa shape index (κ2) is 5.51. The van der Waals surface area contributed by atoms with Gasteiger partial charge in [-0.2, -0.15) is 0 Å². The molecule has 0 amide bonds. The molecule has 0 spiro atoms. The van der Waals surface area contributed by atoms with Crippen LogP contribution in [-0.2, 0) is 6.42 Å². The quantitative estimate of drug-likeness (QED) is 0.732. The number of benzene rings is 2. The Labute approximate surface area is 124 Å². The van der Waals surface area contributed by atoms with Gasteiger partial charge in [-0.15, -0.1) is 0 Å². The fourth-order valence-corrected chi connectivity index (χ4v) is 2.31. The van der Waals surface area contributed by atoms with Crippen LogP contribution in [-0.4, -0.2) is 4.57 Å². The van der Waals surface area contributed by atoms with Crippen LogP contribution < -0.4 is 5.76 Å². The number of rotatable bonds is 3. The minimum Gasteiger partial charge on any atom is -0.412 e. The molecule has 20 heavy (non-hydrogen) atoms. The Morgan fingerprint density at radius 2 is 1.70 bits per heavy atom. The van der Waals surface area contributed by atoms with E-state index in [1.807, 2.05) is 54.6 Å². The van der Waals surface area contributed by atoms with Gasteiger partial charge in [0, 0.05) is 10.9 Å². The number of oxazole rings is 1. The van der Waals surface area contributed by atoms with E-state index in [1.165, 1.54) is 4.57 Å². The molecule has 2 aromatic carbocycles.